The molecule has 146 valence electrons. The second-order valence-corrected chi connectivity index (χ2v) is 8.17. The zero-order chi connectivity index (χ0) is 19.8. The van der Waals surface area contributed by atoms with Crippen molar-refractivity contribution in [2.24, 2.45) is 4.99 Å². The number of hydrogen-bond donors (Lipinski definition) is 1. The largest absolute Gasteiger partial charge is 0.480 e. The normalized spacial score (nSPS) is 15.0. The summed E-state index contributed by atoms with van der Waals surface area (Å²) in [4.78, 5) is 9.30. The van der Waals surface area contributed by atoms with E-state index in [1.165, 1.54) is 35.1 Å². The Morgan fingerprint density at radius 3 is 2.59 bits per heavy atom. The molecule has 4 nitrogen and oxygen atoms in total. The highest BCUT2D eigenvalue weighted by Crippen LogP contribution is 2.40. The van der Waals surface area contributed by atoms with Gasteiger partial charge in [0, 0.05) is 16.6 Å². The lowest BCUT2D eigenvalue weighted by atomic mass is 9.95. The maximum absolute atomic E-state index is 5.59. The Labute approximate surface area is 179 Å². The lowest BCUT2D eigenvalue weighted by Gasteiger charge is -2.15. The van der Waals surface area contributed by atoms with Crippen molar-refractivity contribution in [1.82, 2.24) is 10.3 Å². The van der Waals surface area contributed by atoms with Gasteiger partial charge in [-0.3, -0.25) is 4.99 Å². The van der Waals surface area contributed by atoms with E-state index in [1.807, 2.05) is 12.1 Å². The minimum atomic E-state index is 0.591. The van der Waals surface area contributed by atoms with Crippen molar-refractivity contribution in [2.75, 3.05) is 20.2 Å². The van der Waals surface area contributed by atoms with Gasteiger partial charge in [0.1, 0.15) is 5.84 Å². The van der Waals surface area contributed by atoms with Crippen LogP contribution in [0.1, 0.15) is 23.1 Å². The van der Waals surface area contributed by atoms with E-state index in [-0.39, 0.29) is 0 Å². The average Bonchev–Trinajstić information content (AvgIpc) is 3.45. The minimum absolute atomic E-state index is 0.591. The second kappa shape index (κ2) is 7.64. The van der Waals surface area contributed by atoms with Gasteiger partial charge in [-0.2, -0.15) is 0 Å². The van der Waals surface area contributed by atoms with Crippen LogP contribution in [0.3, 0.4) is 0 Å². The molecular formula is C24H22BrN3O. The van der Waals surface area contributed by atoms with Crippen LogP contribution in [-0.4, -0.2) is 31.0 Å². The maximum atomic E-state index is 5.59. The molecule has 1 aliphatic carbocycles. The third-order valence-corrected chi connectivity index (χ3v) is 6.55. The fourth-order valence-electron chi connectivity index (χ4n) is 4.31. The van der Waals surface area contributed by atoms with Crippen LogP contribution in [0.25, 0.3) is 22.4 Å². The summed E-state index contributed by atoms with van der Waals surface area (Å²) in [6.45, 7) is 1.64. The van der Waals surface area contributed by atoms with Gasteiger partial charge in [-0.1, -0.05) is 36.4 Å². The SMILES string of the molecule is COc1nc(-c2cccc(-c3cccc4c3CCC4)c2Br)ccc1C1=NCCN1. The molecule has 2 aromatic carbocycles. The zero-order valence-electron chi connectivity index (χ0n) is 16.3. The van der Waals surface area contributed by atoms with Crippen molar-refractivity contribution in [3.63, 3.8) is 0 Å². The number of methoxy groups -OCH3 is 1. The number of nitrogens with zero attached hydrogens (tertiary/aromatic N) is 2. The van der Waals surface area contributed by atoms with E-state index in [0.29, 0.717) is 5.88 Å². The molecule has 0 bridgehead atoms. The Morgan fingerprint density at radius 1 is 0.931 bits per heavy atom. The van der Waals surface area contributed by atoms with Crippen LogP contribution in [0, 0.1) is 0 Å². The topological polar surface area (TPSA) is 46.5 Å². The maximum Gasteiger partial charge on any atom is 0.224 e. The highest BCUT2D eigenvalue weighted by Gasteiger charge is 2.20. The molecule has 0 unspecified atom stereocenters. The van der Waals surface area contributed by atoms with Gasteiger partial charge in [0.05, 0.1) is 24.9 Å². The molecule has 5 rings (SSSR count). The van der Waals surface area contributed by atoms with E-state index < -0.39 is 0 Å². The summed E-state index contributed by atoms with van der Waals surface area (Å²) in [5.74, 6) is 1.45. The molecule has 1 aromatic heterocycles. The fourth-order valence-corrected chi connectivity index (χ4v) is 5.00. The number of pyridine rings is 1. The number of hydrogen-bond acceptors (Lipinski definition) is 4. The summed E-state index contributed by atoms with van der Waals surface area (Å²) in [5, 5.41) is 3.29. The highest BCUT2D eigenvalue weighted by molar-refractivity contribution is 9.10. The van der Waals surface area contributed by atoms with Crippen LogP contribution in [0.4, 0.5) is 0 Å². The smallest absolute Gasteiger partial charge is 0.224 e. The van der Waals surface area contributed by atoms with Gasteiger partial charge in [-0.05, 0) is 69.6 Å². The van der Waals surface area contributed by atoms with E-state index in [4.69, 9.17) is 9.72 Å². The summed E-state index contributed by atoms with van der Waals surface area (Å²) in [7, 11) is 1.66. The third kappa shape index (κ3) is 3.23. The van der Waals surface area contributed by atoms with Gasteiger partial charge >= 0.3 is 0 Å². The van der Waals surface area contributed by atoms with Crippen molar-refractivity contribution < 1.29 is 4.74 Å². The molecule has 0 atom stereocenters. The number of halogens is 1. The molecule has 2 aliphatic rings. The van der Waals surface area contributed by atoms with Gasteiger partial charge in [-0.15, -0.1) is 0 Å². The van der Waals surface area contributed by atoms with Crippen molar-refractivity contribution >= 4 is 21.8 Å². The van der Waals surface area contributed by atoms with Crippen LogP contribution in [0.15, 0.2) is 58.0 Å². The molecule has 0 amide bonds. The molecule has 0 saturated carbocycles. The van der Waals surface area contributed by atoms with E-state index in [0.717, 1.165) is 46.6 Å². The second-order valence-electron chi connectivity index (χ2n) is 7.37. The van der Waals surface area contributed by atoms with Crippen molar-refractivity contribution in [3.05, 3.63) is 69.7 Å². The fraction of sp³-hybridized carbons (Fsp3) is 0.250. The van der Waals surface area contributed by atoms with Crippen molar-refractivity contribution in [1.29, 1.82) is 0 Å². The number of aryl methyl sites for hydroxylation is 1. The molecule has 0 radical (unpaired) electrons. The Bertz CT molecular complexity index is 1120. The van der Waals surface area contributed by atoms with Crippen LogP contribution in [0.2, 0.25) is 0 Å². The van der Waals surface area contributed by atoms with Gasteiger partial charge < -0.3 is 10.1 Å². The van der Waals surface area contributed by atoms with Crippen LogP contribution >= 0.6 is 15.9 Å². The van der Waals surface area contributed by atoms with Crippen LogP contribution < -0.4 is 10.1 Å². The van der Waals surface area contributed by atoms with E-state index in [2.05, 4.69) is 62.6 Å². The Kier molecular flexibility index (Phi) is 4.84. The number of aromatic nitrogens is 1. The molecule has 1 aliphatic heterocycles. The number of amidine groups is 1. The monoisotopic (exact) mass is 447 g/mol. The summed E-state index contributed by atoms with van der Waals surface area (Å²) < 4.78 is 6.66. The number of aliphatic imine (C=N–C) groups is 1. The molecule has 2 heterocycles. The minimum Gasteiger partial charge on any atom is -0.480 e. The van der Waals surface area contributed by atoms with E-state index >= 15 is 0 Å². The lowest BCUT2D eigenvalue weighted by Crippen LogP contribution is -2.20. The Morgan fingerprint density at radius 2 is 1.76 bits per heavy atom. The van der Waals surface area contributed by atoms with Crippen LogP contribution in [0.5, 0.6) is 5.88 Å². The number of ether oxygens (including phenoxy) is 1. The number of rotatable bonds is 4. The summed E-state index contributed by atoms with van der Waals surface area (Å²) >= 11 is 3.88. The molecule has 5 heteroatoms. The molecule has 0 spiro atoms. The average molecular weight is 448 g/mol. The highest BCUT2D eigenvalue weighted by atomic mass is 79.9. The predicted octanol–water partition coefficient (Wildman–Crippen LogP) is 5.03. The molecule has 29 heavy (non-hydrogen) atoms. The molecule has 1 N–H and O–H groups in total. The number of nitrogens with one attached hydrogen (secondary N) is 1. The quantitative estimate of drug-likeness (QED) is 0.610. The lowest BCUT2D eigenvalue weighted by molar-refractivity contribution is 0.397. The van der Waals surface area contributed by atoms with E-state index in [9.17, 15) is 0 Å². The first-order valence-electron chi connectivity index (χ1n) is 10.00. The Hall–Kier alpha value is -2.66. The summed E-state index contributed by atoms with van der Waals surface area (Å²) in [5.41, 5.74) is 8.34. The Balaban J connectivity index is 1.60. The molecular weight excluding hydrogens is 426 g/mol. The molecule has 0 saturated heterocycles. The summed E-state index contributed by atoms with van der Waals surface area (Å²) in [6.07, 6.45) is 3.57. The molecule has 0 fully saturated rings. The standard InChI is InChI=1S/C24H22BrN3O/c1-29-24-20(23-26-13-14-27-23)11-12-21(28-24)19-10-4-9-18(22(19)25)17-8-3-6-15-5-2-7-16(15)17/h3-4,6,8-12H,2,5,7,13-14H2,1H3,(H,26,27). The zero-order valence-corrected chi connectivity index (χ0v) is 17.9. The number of fused-ring (bicyclic) bond motifs is 1. The van der Waals surface area contributed by atoms with Gasteiger partial charge in [0.15, 0.2) is 0 Å². The number of benzene rings is 2. The van der Waals surface area contributed by atoms with E-state index in [1.54, 1.807) is 7.11 Å². The van der Waals surface area contributed by atoms with Gasteiger partial charge in [0.2, 0.25) is 5.88 Å². The summed E-state index contributed by atoms with van der Waals surface area (Å²) in [6, 6.07) is 17.1. The first kappa shape index (κ1) is 18.4. The first-order chi connectivity index (χ1) is 14.3. The van der Waals surface area contributed by atoms with Gasteiger partial charge in [-0.25, -0.2) is 4.98 Å². The van der Waals surface area contributed by atoms with Crippen molar-refractivity contribution in [2.45, 2.75) is 19.3 Å². The van der Waals surface area contributed by atoms with Crippen molar-refractivity contribution in [3.8, 4) is 28.3 Å². The first-order valence-corrected chi connectivity index (χ1v) is 10.8. The predicted molar refractivity (Wildman–Crippen MR) is 121 cm³/mol. The third-order valence-electron chi connectivity index (χ3n) is 5.69. The van der Waals surface area contributed by atoms with Gasteiger partial charge in [0.25, 0.3) is 0 Å². The van der Waals surface area contributed by atoms with Crippen LogP contribution in [-0.2, 0) is 12.8 Å². The molecule has 3 aromatic rings.